The van der Waals surface area contributed by atoms with Gasteiger partial charge < -0.3 is 10.1 Å². The van der Waals surface area contributed by atoms with Crippen LogP contribution in [0.25, 0.3) is 0 Å². The van der Waals surface area contributed by atoms with Gasteiger partial charge in [-0.2, -0.15) is 0 Å². The number of likely N-dealkylation sites (N-methyl/N-ethyl adjacent to an activating group) is 1. The van der Waals surface area contributed by atoms with E-state index < -0.39 is 0 Å². The van der Waals surface area contributed by atoms with Crippen molar-refractivity contribution in [3.8, 4) is 5.75 Å². The third-order valence-corrected chi connectivity index (χ3v) is 2.96. The molecule has 1 aromatic carbocycles. The quantitative estimate of drug-likeness (QED) is 0.674. The van der Waals surface area contributed by atoms with E-state index in [0.717, 1.165) is 44.2 Å². The number of hydrogen-bond acceptors (Lipinski definition) is 2. The highest BCUT2D eigenvalue weighted by Gasteiger charge is 1.97. The molecule has 0 aromatic heterocycles. The molecule has 0 unspecified atom stereocenters. The molecule has 0 saturated carbocycles. The van der Waals surface area contributed by atoms with Gasteiger partial charge in [-0.1, -0.05) is 32.9 Å². The Labute approximate surface area is 112 Å². The van der Waals surface area contributed by atoms with Crippen molar-refractivity contribution in [3.63, 3.8) is 0 Å². The van der Waals surface area contributed by atoms with E-state index in [4.69, 9.17) is 4.74 Å². The van der Waals surface area contributed by atoms with E-state index in [2.05, 4.69) is 50.4 Å². The summed E-state index contributed by atoms with van der Waals surface area (Å²) in [5.41, 5.74) is 1.37. The predicted octanol–water partition coefficient (Wildman–Crippen LogP) is 3.65. The Morgan fingerprint density at radius 3 is 2.50 bits per heavy atom. The molecule has 0 fully saturated rings. The third-order valence-electron chi connectivity index (χ3n) is 2.96. The van der Waals surface area contributed by atoms with Crippen LogP contribution in [0.1, 0.15) is 39.2 Å². The largest absolute Gasteiger partial charge is 0.494 e. The number of ether oxygens (including phenoxy) is 1. The van der Waals surface area contributed by atoms with Crippen LogP contribution in [0.5, 0.6) is 5.75 Å². The van der Waals surface area contributed by atoms with Crippen molar-refractivity contribution in [1.29, 1.82) is 0 Å². The molecule has 0 bridgehead atoms. The molecule has 0 saturated heterocycles. The highest BCUT2D eigenvalue weighted by Crippen LogP contribution is 2.13. The van der Waals surface area contributed by atoms with E-state index in [1.807, 2.05) is 0 Å². The van der Waals surface area contributed by atoms with Gasteiger partial charge in [-0.25, -0.2) is 0 Å². The maximum Gasteiger partial charge on any atom is 0.119 e. The lowest BCUT2D eigenvalue weighted by Gasteiger charge is -2.08. The van der Waals surface area contributed by atoms with Gasteiger partial charge in [0.05, 0.1) is 6.61 Å². The lowest BCUT2D eigenvalue weighted by Crippen LogP contribution is -2.15. The Hall–Kier alpha value is -1.02. The summed E-state index contributed by atoms with van der Waals surface area (Å²) in [7, 11) is 0. The summed E-state index contributed by atoms with van der Waals surface area (Å²) in [5.74, 6) is 1.76. The second-order valence-corrected chi connectivity index (χ2v) is 5.13. The highest BCUT2D eigenvalue weighted by atomic mass is 16.5. The zero-order valence-corrected chi connectivity index (χ0v) is 12.0. The maximum absolute atomic E-state index is 5.72. The molecule has 0 aliphatic rings. The molecule has 0 aliphatic heterocycles. The highest BCUT2D eigenvalue weighted by molar-refractivity contribution is 5.27. The SMILES string of the molecule is CCNCCc1ccc(OCCCC(C)C)cc1. The summed E-state index contributed by atoms with van der Waals surface area (Å²) in [6.45, 7) is 9.55. The zero-order chi connectivity index (χ0) is 13.2. The van der Waals surface area contributed by atoms with E-state index in [0.29, 0.717) is 0 Å². The van der Waals surface area contributed by atoms with Crippen LogP contribution in [-0.2, 0) is 6.42 Å². The van der Waals surface area contributed by atoms with Gasteiger partial charge in [-0.15, -0.1) is 0 Å². The fourth-order valence-corrected chi connectivity index (χ4v) is 1.84. The van der Waals surface area contributed by atoms with E-state index in [1.165, 1.54) is 12.0 Å². The molecule has 0 aliphatic carbocycles. The molecule has 0 spiro atoms. The second-order valence-electron chi connectivity index (χ2n) is 5.13. The van der Waals surface area contributed by atoms with Gasteiger partial charge >= 0.3 is 0 Å². The summed E-state index contributed by atoms with van der Waals surface area (Å²) < 4.78 is 5.72. The Morgan fingerprint density at radius 1 is 1.17 bits per heavy atom. The minimum Gasteiger partial charge on any atom is -0.494 e. The monoisotopic (exact) mass is 249 g/mol. The van der Waals surface area contributed by atoms with Gasteiger partial charge in [0, 0.05) is 0 Å². The molecule has 0 atom stereocenters. The van der Waals surface area contributed by atoms with E-state index in [1.54, 1.807) is 0 Å². The molecule has 2 heteroatoms. The zero-order valence-electron chi connectivity index (χ0n) is 12.0. The normalized spacial score (nSPS) is 10.9. The first kappa shape index (κ1) is 15.0. The van der Waals surface area contributed by atoms with Crippen LogP contribution in [0.2, 0.25) is 0 Å². The van der Waals surface area contributed by atoms with Crippen LogP contribution in [0.4, 0.5) is 0 Å². The molecule has 102 valence electrons. The van der Waals surface area contributed by atoms with Crippen LogP contribution in [0, 0.1) is 5.92 Å². The minimum atomic E-state index is 0.766. The average molecular weight is 249 g/mol. The van der Waals surface area contributed by atoms with Crippen molar-refractivity contribution in [2.24, 2.45) is 5.92 Å². The van der Waals surface area contributed by atoms with Crippen molar-refractivity contribution >= 4 is 0 Å². The lowest BCUT2D eigenvalue weighted by atomic mass is 10.1. The second kappa shape index (κ2) is 8.98. The first-order valence-corrected chi connectivity index (χ1v) is 7.14. The Morgan fingerprint density at radius 2 is 1.89 bits per heavy atom. The molecule has 1 N–H and O–H groups in total. The van der Waals surface area contributed by atoms with E-state index in [-0.39, 0.29) is 0 Å². The molecule has 0 radical (unpaired) electrons. The molecule has 0 heterocycles. The number of nitrogens with one attached hydrogen (secondary N) is 1. The maximum atomic E-state index is 5.72. The first-order chi connectivity index (χ1) is 8.72. The summed E-state index contributed by atoms with van der Waals surface area (Å²) in [5, 5.41) is 3.33. The number of benzene rings is 1. The van der Waals surface area contributed by atoms with Crippen molar-refractivity contribution in [3.05, 3.63) is 29.8 Å². The van der Waals surface area contributed by atoms with Crippen LogP contribution in [-0.4, -0.2) is 19.7 Å². The minimum absolute atomic E-state index is 0.766. The number of rotatable bonds is 9. The fraction of sp³-hybridized carbons (Fsp3) is 0.625. The van der Waals surface area contributed by atoms with Crippen molar-refractivity contribution in [2.45, 2.75) is 40.0 Å². The van der Waals surface area contributed by atoms with Crippen LogP contribution < -0.4 is 10.1 Å². The van der Waals surface area contributed by atoms with E-state index in [9.17, 15) is 0 Å². The molecule has 0 amide bonds. The Bertz CT molecular complexity index is 305. The van der Waals surface area contributed by atoms with Crippen LogP contribution >= 0.6 is 0 Å². The molecular formula is C16H27NO. The van der Waals surface area contributed by atoms with Gasteiger partial charge in [-0.3, -0.25) is 0 Å². The predicted molar refractivity (Wildman–Crippen MR) is 78.3 cm³/mol. The van der Waals surface area contributed by atoms with Crippen molar-refractivity contribution in [1.82, 2.24) is 5.32 Å². The number of hydrogen-bond donors (Lipinski definition) is 1. The van der Waals surface area contributed by atoms with Crippen LogP contribution in [0.15, 0.2) is 24.3 Å². The summed E-state index contributed by atoms with van der Waals surface area (Å²) in [6, 6.07) is 8.48. The summed E-state index contributed by atoms with van der Waals surface area (Å²) in [4.78, 5) is 0. The third kappa shape index (κ3) is 6.65. The summed E-state index contributed by atoms with van der Waals surface area (Å²) >= 11 is 0. The Balaban J connectivity index is 2.23. The molecule has 1 aromatic rings. The lowest BCUT2D eigenvalue weighted by molar-refractivity contribution is 0.297. The first-order valence-electron chi connectivity index (χ1n) is 7.14. The fourth-order valence-electron chi connectivity index (χ4n) is 1.84. The van der Waals surface area contributed by atoms with Crippen molar-refractivity contribution in [2.75, 3.05) is 19.7 Å². The Kier molecular flexibility index (Phi) is 7.51. The summed E-state index contributed by atoms with van der Waals surface area (Å²) in [6.07, 6.45) is 3.46. The van der Waals surface area contributed by atoms with Gasteiger partial charge in [-0.05, 0) is 56.0 Å². The van der Waals surface area contributed by atoms with E-state index >= 15 is 0 Å². The molecule has 18 heavy (non-hydrogen) atoms. The molecule has 1 rings (SSSR count). The van der Waals surface area contributed by atoms with Crippen LogP contribution in [0.3, 0.4) is 0 Å². The standard InChI is InChI=1S/C16H27NO/c1-4-17-12-11-15-7-9-16(10-8-15)18-13-5-6-14(2)3/h7-10,14,17H,4-6,11-13H2,1-3H3. The molecular weight excluding hydrogens is 222 g/mol. The smallest absolute Gasteiger partial charge is 0.119 e. The molecule has 2 nitrogen and oxygen atoms in total. The van der Waals surface area contributed by atoms with Gasteiger partial charge in [0.25, 0.3) is 0 Å². The topological polar surface area (TPSA) is 21.3 Å². The van der Waals surface area contributed by atoms with Crippen molar-refractivity contribution < 1.29 is 4.74 Å². The van der Waals surface area contributed by atoms with Gasteiger partial charge in [0.1, 0.15) is 5.75 Å². The average Bonchev–Trinajstić information content (AvgIpc) is 2.36. The van der Waals surface area contributed by atoms with Gasteiger partial charge in [0.2, 0.25) is 0 Å². The van der Waals surface area contributed by atoms with Gasteiger partial charge in [0.15, 0.2) is 0 Å².